The van der Waals surface area contributed by atoms with Gasteiger partial charge in [-0.25, -0.2) is 17.5 Å². The van der Waals surface area contributed by atoms with Gasteiger partial charge >= 0.3 is 0 Å². The number of rotatable bonds is 4. The van der Waals surface area contributed by atoms with E-state index >= 15 is 0 Å². The summed E-state index contributed by atoms with van der Waals surface area (Å²) in [5, 5.41) is 2.92. The van der Waals surface area contributed by atoms with E-state index in [9.17, 15) is 17.6 Å². The highest BCUT2D eigenvalue weighted by Gasteiger charge is 2.49. The molecule has 0 aromatic heterocycles. The van der Waals surface area contributed by atoms with Gasteiger partial charge in [-0.05, 0) is 43.9 Å². The van der Waals surface area contributed by atoms with Crippen LogP contribution in [-0.4, -0.2) is 33.0 Å². The molecule has 1 saturated heterocycles. The SMILES string of the molecule is COc1ccc(S(=O)(=O)NC2CCC(=O)NC23CCC3)cc1F. The van der Waals surface area contributed by atoms with Crippen molar-refractivity contribution in [1.82, 2.24) is 10.0 Å². The molecule has 6 nitrogen and oxygen atoms in total. The second-order valence-electron chi connectivity index (χ2n) is 6.07. The zero-order valence-corrected chi connectivity index (χ0v) is 13.6. The van der Waals surface area contributed by atoms with Crippen LogP contribution in [0.1, 0.15) is 32.1 Å². The Morgan fingerprint density at radius 1 is 1.39 bits per heavy atom. The maximum atomic E-state index is 13.8. The van der Waals surface area contributed by atoms with E-state index in [2.05, 4.69) is 10.0 Å². The van der Waals surface area contributed by atoms with Crippen molar-refractivity contribution in [3.63, 3.8) is 0 Å². The summed E-state index contributed by atoms with van der Waals surface area (Å²) in [6, 6.07) is 3.16. The van der Waals surface area contributed by atoms with Crippen LogP contribution in [0.3, 0.4) is 0 Å². The Bertz CT molecular complexity index is 731. The van der Waals surface area contributed by atoms with Gasteiger partial charge in [0, 0.05) is 12.5 Å². The molecule has 1 heterocycles. The van der Waals surface area contributed by atoms with E-state index in [1.54, 1.807) is 0 Å². The van der Waals surface area contributed by atoms with Gasteiger partial charge in [-0.15, -0.1) is 0 Å². The van der Waals surface area contributed by atoms with E-state index in [0.29, 0.717) is 6.42 Å². The van der Waals surface area contributed by atoms with Crippen molar-refractivity contribution in [2.45, 2.75) is 48.6 Å². The Kier molecular flexibility index (Phi) is 4.05. The number of ether oxygens (including phenoxy) is 1. The lowest BCUT2D eigenvalue weighted by atomic mass is 9.68. The zero-order valence-electron chi connectivity index (χ0n) is 12.8. The molecule has 1 atom stereocenters. The lowest BCUT2D eigenvalue weighted by Gasteiger charge is -2.50. The average molecular weight is 342 g/mol. The molecule has 1 aromatic rings. The molecule has 8 heteroatoms. The summed E-state index contributed by atoms with van der Waals surface area (Å²) in [7, 11) is -2.55. The van der Waals surface area contributed by atoms with Crippen LogP contribution < -0.4 is 14.8 Å². The van der Waals surface area contributed by atoms with Gasteiger partial charge < -0.3 is 10.1 Å². The maximum Gasteiger partial charge on any atom is 0.241 e. The average Bonchev–Trinajstić information content (AvgIpc) is 2.47. The van der Waals surface area contributed by atoms with Crippen LogP contribution in [0.4, 0.5) is 4.39 Å². The molecule has 1 saturated carbocycles. The van der Waals surface area contributed by atoms with Crippen LogP contribution >= 0.6 is 0 Å². The first-order valence-electron chi connectivity index (χ1n) is 7.53. The molecular weight excluding hydrogens is 323 g/mol. The third-order valence-corrected chi connectivity index (χ3v) is 6.16. The summed E-state index contributed by atoms with van der Waals surface area (Å²) in [6.07, 6.45) is 3.19. The predicted octanol–water partition coefficient (Wildman–Crippen LogP) is 1.31. The lowest BCUT2D eigenvalue weighted by molar-refractivity contribution is -0.127. The molecular formula is C15H19FN2O4S. The Balaban J connectivity index is 1.83. The Labute approximate surface area is 134 Å². The minimum atomic E-state index is -3.87. The summed E-state index contributed by atoms with van der Waals surface area (Å²) in [6.45, 7) is 0. The van der Waals surface area contributed by atoms with Gasteiger partial charge in [0.1, 0.15) is 0 Å². The van der Waals surface area contributed by atoms with Gasteiger partial charge in [0.15, 0.2) is 11.6 Å². The van der Waals surface area contributed by atoms with Crippen molar-refractivity contribution in [3.8, 4) is 5.75 Å². The van der Waals surface area contributed by atoms with Crippen LogP contribution in [-0.2, 0) is 14.8 Å². The fourth-order valence-corrected chi connectivity index (χ4v) is 4.61. The van der Waals surface area contributed by atoms with E-state index in [0.717, 1.165) is 25.3 Å². The van der Waals surface area contributed by atoms with Crippen molar-refractivity contribution in [3.05, 3.63) is 24.0 Å². The molecule has 23 heavy (non-hydrogen) atoms. The van der Waals surface area contributed by atoms with E-state index < -0.39 is 21.4 Å². The lowest BCUT2D eigenvalue weighted by Crippen LogP contribution is -2.68. The molecule has 2 aliphatic rings. The summed E-state index contributed by atoms with van der Waals surface area (Å²) in [5.74, 6) is -0.786. The van der Waals surface area contributed by atoms with Crippen LogP contribution in [0.25, 0.3) is 0 Å². The molecule has 3 rings (SSSR count). The number of sulfonamides is 1. The Morgan fingerprint density at radius 3 is 2.70 bits per heavy atom. The third kappa shape index (κ3) is 2.92. The molecule has 1 aliphatic heterocycles. The van der Waals surface area contributed by atoms with Gasteiger partial charge in [-0.1, -0.05) is 0 Å². The summed E-state index contributed by atoms with van der Waals surface area (Å²) < 4.78 is 46.3. The standard InChI is InChI=1S/C15H19FN2O4S/c1-22-12-4-3-10(9-11(12)16)23(20,21)18-13-5-6-14(19)17-15(13)7-2-8-15/h3-4,9,13,18H,2,5-8H2,1H3,(H,17,19). The quantitative estimate of drug-likeness (QED) is 0.864. The number of benzene rings is 1. The number of carbonyl (C=O) groups excluding carboxylic acids is 1. The van der Waals surface area contributed by atoms with Crippen molar-refractivity contribution < 1.29 is 22.3 Å². The fraction of sp³-hybridized carbons (Fsp3) is 0.533. The topological polar surface area (TPSA) is 84.5 Å². The smallest absolute Gasteiger partial charge is 0.241 e. The first-order chi connectivity index (χ1) is 10.9. The molecule has 1 spiro atoms. The fourth-order valence-electron chi connectivity index (χ4n) is 3.25. The second kappa shape index (κ2) is 5.76. The maximum absolute atomic E-state index is 13.8. The number of halogens is 1. The van der Waals surface area contributed by atoms with Crippen molar-refractivity contribution in [2.75, 3.05) is 7.11 Å². The van der Waals surface area contributed by atoms with Gasteiger partial charge in [-0.2, -0.15) is 0 Å². The van der Waals surface area contributed by atoms with E-state index in [-0.39, 0.29) is 29.0 Å². The van der Waals surface area contributed by atoms with Crippen molar-refractivity contribution in [2.24, 2.45) is 0 Å². The molecule has 126 valence electrons. The van der Waals surface area contributed by atoms with E-state index in [1.807, 2.05) is 0 Å². The molecule has 1 aliphatic carbocycles. The minimum absolute atomic E-state index is 0.00987. The minimum Gasteiger partial charge on any atom is -0.494 e. The molecule has 1 aromatic carbocycles. The van der Waals surface area contributed by atoms with Gasteiger partial charge in [0.05, 0.1) is 17.5 Å². The summed E-state index contributed by atoms with van der Waals surface area (Å²) in [4.78, 5) is 11.5. The molecule has 2 N–H and O–H groups in total. The highest BCUT2D eigenvalue weighted by molar-refractivity contribution is 7.89. The molecule has 1 amide bonds. The highest BCUT2D eigenvalue weighted by atomic mass is 32.2. The molecule has 2 fully saturated rings. The van der Waals surface area contributed by atoms with E-state index in [4.69, 9.17) is 4.74 Å². The molecule has 0 radical (unpaired) electrons. The van der Waals surface area contributed by atoms with Gasteiger partial charge in [0.2, 0.25) is 15.9 Å². The monoisotopic (exact) mass is 342 g/mol. The van der Waals surface area contributed by atoms with Crippen molar-refractivity contribution >= 4 is 15.9 Å². The number of nitrogens with one attached hydrogen (secondary N) is 2. The number of carbonyl (C=O) groups is 1. The first-order valence-corrected chi connectivity index (χ1v) is 9.01. The predicted molar refractivity (Wildman–Crippen MR) is 81.0 cm³/mol. The Morgan fingerprint density at radius 2 is 2.13 bits per heavy atom. The van der Waals surface area contributed by atoms with Crippen LogP contribution in [0, 0.1) is 5.82 Å². The van der Waals surface area contributed by atoms with E-state index in [1.165, 1.54) is 19.2 Å². The molecule has 1 unspecified atom stereocenters. The third-order valence-electron chi connectivity index (χ3n) is 4.69. The molecule has 0 bridgehead atoms. The van der Waals surface area contributed by atoms with Crippen molar-refractivity contribution in [1.29, 1.82) is 0 Å². The number of hydrogen-bond donors (Lipinski definition) is 2. The number of piperidine rings is 1. The van der Waals surface area contributed by atoms with Crippen LogP contribution in [0.2, 0.25) is 0 Å². The van der Waals surface area contributed by atoms with Gasteiger partial charge in [-0.3, -0.25) is 4.79 Å². The largest absolute Gasteiger partial charge is 0.494 e. The first kappa shape index (κ1) is 16.2. The second-order valence-corrected chi connectivity index (χ2v) is 7.78. The number of methoxy groups -OCH3 is 1. The van der Waals surface area contributed by atoms with Gasteiger partial charge in [0.25, 0.3) is 0 Å². The zero-order chi connectivity index (χ0) is 16.7. The van der Waals surface area contributed by atoms with Crippen LogP contribution in [0.15, 0.2) is 23.1 Å². The number of hydrogen-bond acceptors (Lipinski definition) is 4. The summed E-state index contributed by atoms with van der Waals surface area (Å²) in [5.41, 5.74) is -0.493. The highest BCUT2D eigenvalue weighted by Crippen LogP contribution is 2.39. The summed E-state index contributed by atoms with van der Waals surface area (Å²) >= 11 is 0. The van der Waals surface area contributed by atoms with Crippen LogP contribution in [0.5, 0.6) is 5.75 Å². The normalized spacial score (nSPS) is 23.2. The Hall–Kier alpha value is -1.67. The number of amides is 1.